The molecule has 1 aromatic carbocycles. The first-order chi connectivity index (χ1) is 9.34. The van der Waals surface area contributed by atoms with E-state index < -0.39 is 27.7 Å². The third kappa shape index (κ3) is 4.34. The van der Waals surface area contributed by atoms with Crippen molar-refractivity contribution in [2.24, 2.45) is 0 Å². The number of halogens is 4. The van der Waals surface area contributed by atoms with Crippen LogP contribution in [0.15, 0.2) is 11.0 Å². The Hall–Kier alpha value is -1.28. The van der Waals surface area contributed by atoms with E-state index in [0.29, 0.717) is 11.1 Å². The van der Waals surface area contributed by atoms with Crippen LogP contribution in [0.25, 0.3) is 0 Å². The van der Waals surface area contributed by atoms with Crippen LogP contribution in [0.5, 0.6) is 0 Å². The van der Waals surface area contributed by atoms with Crippen LogP contribution in [-0.4, -0.2) is 27.0 Å². The molecule has 0 heterocycles. The van der Waals surface area contributed by atoms with Crippen LogP contribution < -0.4 is 5.32 Å². The molecule has 0 saturated carbocycles. The number of amides is 1. The number of hydrogen-bond acceptors (Lipinski definition) is 3. The molecule has 0 aromatic heterocycles. The molecule has 21 heavy (non-hydrogen) atoms. The molecule has 1 N–H and O–H groups in total. The maximum atomic E-state index is 12.1. The van der Waals surface area contributed by atoms with E-state index in [1.165, 1.54) is 26.8 Å². The highest BCUT2D eigenvalue weighted by molar-refractivity contribution is 8.13. The highest BCUT2D eigenvalue weighted by Crippen LogP contribution is 2.29. The first-order valence-electron chi connectivity index (χ1n) is 5.75. The summed E-state index contributed by atoms with van der Waals surface area (Å²) in [4.78, 5) is 11.6. The SMILES string of the molecule is Cc1cc(C)c(S(=O)(=O)Cl)c(C)c1C(=O)NCC(F)(F)F. The van der Waals surface area contributed by atoms with Gasteiger partial charge in [0.25, 0.3) is 15.0 Å². The molecule has 0 spiro atoms. The van der Waals surface area contributed by atoms with Gasteiger partial charge in [0.15, 0.2) is 0 Å². The Balaban J connectivity index is 3.35. The van der Waals surface area contributed by atoms with Gasteiger partial charge in [0.05, 0.1) is 4.90 Å². The van der Waals surface area contributed by atoms with Gasteiger partial charge in [-0.25, -0.2) is 8.42 Å². The minimum absolute atomic E-state index is 0.0298. The smallest absolute Gasteiger partial charge is 0.343 e. The monoisotopic (exact) mass is 343 g/mol. The maximum Gasteiger partial charge on any atom is 0.405 e. The quantitative estimate of drug-likeness (QED) is 0.858. The second kappa shape index (κ2) is 5.84. The molecule has 118 valence electrons. The summed E-state index contributed by atoms with van der Waals surface area (Å²) < 4.78 is 59.5. The lowest BCUT2D eigenvalue weighted by atomic mass is 9.99. The van der Waals surface area contributed by atoms with Crippen molar-refractivity contribution >= 4 is 25.6 Å². The van der Waals surface area contributed by atoms with Gasteiger partial charge in [-0.05, 0) is 37.5 Å². The van der Waals surface area contributed by atoms with Crippen LogP contribution in [0.1, 0.15) is 27.0 Å². The number of alkyl halides is 3. The summed E-state index contributed by atoms with van der Waals surface area (Å²) in [5, 5.41) is 1.72. The van der Waals surface area contributed by atoms with E-state index in [1.807, 2.05) is 0 Å². The Morgan fingerprint density at radius 1 is 1.24 bits per heavy atom. The number of rotatable bonds is 3. The lowest BCUT2D eigenvalue weighted by Crippen LogP contribution is -2.34. The number of benzene rings is 1. The molecule has 0 radical (unpaired) electrons. The molecule has 0 aliphatic heterocycles. The zero-order valence-corrected chi connectivity index (χ0v) is 13.0. The molecule has 0 fully saturated rings. The fourth-order valence-corrected chi connectivity index (χ4v) is 3.78. The molecule has 0 unspecified atom stereocenters. The molecule has 0 saturated heterocycles. The van der Waals surface area contributed by atoms with Gasteiger partial charge in [0.2, 0.25) is 0 Å². The van der Waals surface area contributed by atoms with Gasteiger partial charge in [0.1, 0.15) is 6.54 Å². The summed E-state index contributed by atoms with van der Waals surface area (Å²) >= 11 is 0. The van der Waals surface area contributed by atoms with Crippen molar-refractivity contribution in [3.63, 3.8) is 0 Å². The van der Waals surface area contributed by atoms with Crippen molar-refractivity contribution in [2.75, 3.05) is 6.54 Å². The van der Waals surface area contributed by atoms with E-state index in [-0.39, 0.29) is 16.0 Å². The highest BCUT2D eigenvalue weighted by atomic mass is 35.7. The summed E-state index contributed by atoms with van der Waals surface area (Å²) in [5.41, 5.74) is 0.604. The predicted octanol–water partition coefficient (Wildman–Crippen LogP) is 2.83. The molecule has 1 rings (SSSR count). The average molecular weight is 344 g/mol. The molecule has 0 aliphatic carbocycles. The number of aryl methyl sites for hydroxylation is 2. The molecule has 0 atom stereocenters. The summed E-state index contributed by atoms with van der Waals surface area (Å²) in [7, 11) is 1.20. The summed E-state index contributed by atoms with van der Waals surface area (Å²) in [6.07, 6.45) is -4.55. The number of hydrogen-bond donors (Lipinski definition) is 1. The largest absolute Gasteiger partial charge is 0.405 e. The van der Waals surface area contributed by atoms with Crippen LogP contribution in [0.3, 0.4) is 0 Å². The molecule has 1 aromatic rings. The van der Waals surface area contributed by atoms with Gasteiger partial charge >= 0.3 is 6.18 Å². The molecular formula is C12H13ClF3NO3S. The van der Waals surface area contributed by atoms with Crippen molar-refractivity contribution in [3.05, 3.63) is 28.3 Å². The lowest BCUT2D eigenvalue weighted by Gasteiger charge is -2.16. The van der Waals surface area contributed by atoms with Gasteiger partial charge in [-0.2, -0.15) is 13.2 Å². The van der Waals surface area contributed by atoms with Gasteiger partial charge in [-0.1, -0.05) is 6.07 Å². The zero-order valence-electron chi connectivity index (χ0n) is 11.4. The van der Waals surface area contributed by atoms with Gasteiger partial charge < -0.3 is 5.32 Å². The first kappa shape index (κ1) is 17.8. The minimum atomic E-state index is -4.55. The molecular weight excluding hydrogens is 331 g/mol. The Morgan fingerprint density at radius 3 is 2.19 bits per heavy atom. The van der Waals surface area contributed by atoms with Crippen molar-refractivity contribution in [1.82, 2.24) is 5.32 Å². The predicted molar refractivity (Wildman–Crippen MR) is 72.1 cm³/mol. The molecule has 0 bridgehead atoms. The van der Waals surface area contributed by atoms with E-state index in [0.717, 1.165) is 0 Å². The maximum absolute atomic E-state index is 12.1. The molecule has 9 heteroatoms. The minimum Gasteiger partial charge on any atom is -0.343 e. The van der Waals surface area contributed by atoms with E-state index >= 15 is 0 Å². The normalized spacial score (nSPS) is 12.3. The van der Waals surface area contributed by atoms with E-state index in [2.05, 4.69) is 0 Å². The zero-order chi connectivity index (χ0) is 16.6. The summed E-state index contributed by atoms with van der Waals surface area (Å²) in [6, 6.07) is 1.39. The topological polar surface area (TPSA) is 63.2 Å². The third-order valence-corrected chi connectivity index (χ3v) is 4.40. The summed E-state index contributed by atoms with van der Waals surface area (Å²) in [5.74, 6) is -0.996. The standard InChI is InChI=1S/C12H13ClF3NO3S/c1-6-4-7(2)10(21(13,19)20)8(3)9(6)11(18)17-5-12(14,15)16/h4H,5H2,1-3H3,(H,17,18). The molecule has 0 aliphatic rings. The first-order valence-corrected chi connectivity index (χ1v) is 8.06. The van der Waals surface area contributed by atoms with Crippen LogP contribution in [0.2, 0.25) is 0 Å². The van der Waals surface area contributed by atoms with Crippen molar-refractivity contribution in [3.8, 4) is 0 Å². The van der Waals surface area contributed by atoms with Gasteiger partial charge in [0, 0.05) is 16.2 Å². The third-order valence-electron chi connectivity index (χ3n) is 2.82. The van der Waals surface area contributed by atoms with Crippen LogP contribution in [-0.2, 0) is 9.05 Å². The van der Waals surface area contributed by atoms with Gasteiger partial charge in [-0.15, -0.1) is 0 Å². The number of nitrogens with one attached hydrogen (secondary N) is 1. The Morgan fingerprint density at radius 2 is 1.76 bits per heavy atom. The number of carbonyl (C=O) groups excluding carboxylic acids is 1. The van der Waals surface area contributed by atoms with Crippen LogP contribution in [0.4, 0.5) is 13.2 Å². The van der Waals surface area contributed by atoms with E-state index in [1.54, 1.807) is 5.32 Å². The van der Waals surface area contributed by atoms with Crippen molar-refractivity contribution in [2.45, 2.75) is 31.8 Å². The van der Waals surface area contributed by atoms with Crippen LogP contribution >= 0.6 is 10.7 Å². The van der Waals surface area contributed by atoms with E-state index in [4.69, 9.17) is 10.7 Å². The van der Waals surface area contributed by atoms with Crippen molar-refractivity contribution < 1.29 is 26.4 Å². The van der Waals surface area contributed by atoms with Gasteiger partial charge in [-0.3, -0.25) is 4.79 Å². The highest BCUT2D eigenvalue weighted by Gasteiger charge is 2.29. The summed E-state index contributed by atoms with van der Waals surface area (Å²) in [6.45, 7) is 2.83. The molecule has 1 amide bonds. The Bertz CT molecular complexity index is 684. The second-order valence-electron chi connectivity index (χ2n) is 4.58. The van der Waals surface area contributed by atoms with Crippen molar-refractivity contribution in [1.29, 1.82) is 0 Å². The Labute approximate surface area is 124 Å². The Kier molecular flexibility index (Phi) is 4.94. The fourth-order valence-electron chi connectivity index (χ4n) is 2.16. The fraction of sp³-hybridized carbons (Fsp3) is 0.417. The van der Waals surface area contributed by atoms with E-state index in [9.17, 15) is 26.4 Å². The second-order valence-corrected chi connectivity index (χ2v) is 7.08. The molecule has 4 nitrogen and oxygen atoms in total. The lowest BCUT2D eigenvalue weighted by molar-refractivity contribution is -0.123. The number of carbonyl (C=O) groups is 1. The van der Waals surface area contributed by atoms with Crippen LogP contribution in [0, 0.1) is 20.8 Å². The average Bonchev–Trinajstić information content (AvgIpc) is 2.22.